The molecular formula is C37H71N5O8S2. The molecule has 5 unspecified atom stereocenters. The number of hydrogen-bond donors (Lipinski definition) is 4. The average molecular weight is 778 g/mol. The van der Waals surface area contributed by atoms with Crippen molar-refractivity contribution < 1.29 is 36.6 Å². The molecular weight excluding hydrogens is 707 g/mol. The van der Waals surface area contributed by atoms with Crippen molar-refractivity contribution in [2.75, 3.05) is 46.0 Å². The summed E-state index contributed by atoms with van der Waals surface area (Å²) in [5, 5.41) is 25.7. The van der Waals surface area contributed by atoms with Gasteiger partial charge in [-0.2, -0.15) is 0 Å². The van der Waals surface area contributed by atoms with Crippen LogP contribution < -0.4 is 10.1 Å². The van der Waals surface area contributed by atoms with Crippen LogP contribution in [0, 0.1) is 23.7 Å². The highest BCUT2D eigenvalue weighted by Crippen LogP contribution is 2.36. The quantitative estimate of drug-likeness (QED) is 0.127. The van der Waals surface area contributed by atoms with Gasteiger partial charge in [0.1, 0.15) is 0 Å². The van der Waals surface area contributed by atoms with E-state index < -0.39 is 55.2 Å². The van der Waals surface area contributed by atoms with Crippen LogP contribution in [0.4, 0.5) is 0 Å². The summed E-state index contributed by atoms with van der Waals surface area (Å²) in [5.74, 6) is -1.62. The Morgan fingerprint density at radius 2 is 1.40 bits per heavy atom. The molecule has 4 N–H and O–H groups in total. The van der Waals surface area contributed by atoms with E-state index in [1.54, 1.807) is 9.91 Å². The van der Waals surface area contributed by atoms with Crippen LogP contribution in [-0.2, 0) is 29.6 Å². The molecule has 15 heteroatoms. The first-order valence-corrected chi connectivity index (χ1v) is 23.4. The van der Waals surface area contributed by atoms with Crippen LogP contribution in [0.1, 0.15) is 130 Å². The average Bonchev–Trinajstić information content (AvgIpc) is 3.10. The number of amides is 2. The predicted molar refractivity (Wildman–Crippen MR) is 205 cm³/mol. The number of nitrogens with one attached hydrogen (secondary N) is 2. The summed E-state index contributed by atoms with van der Waals surface area (Å²) in [4.78, 5) is 32.6. The molecule has 3 aliphatic carbocycles. The Hall–Kier alpha value is -1.36. The van der Waals surface area contributed by atoms with E-state index in [0.717, 1.165) is 64.2 Å². The zero-order valence-electron chi connectivity index (χ0n) is 32.7. The van der Waals surface area contributed by atoms with Crippen LogP contribution in [0.15, 0.2) is 0 Å². The number of rotatable bonds is 21. The van der Waals surface area contributed by atoms with Gasteiger partial charge in [-0.3, -0.25) is 9.59 Å². The molecule has 52 heavy (non-hydrogen) atoms. The van der Waals surface area contributed by atoms with Gasteiger partial charge >= 0.3 is 0 Å². The number of carbonyl (C=O) groups excluding carboxylic acids is 2. The van der Waals surface area contributed by atoms with Crippen molar-refractivity contribution in [1.82, 2.24) is 24.4 Å². The van der Waals surface area contributed by atoms with Crippen LogP contribution >= 0.6 is 0 Å². The van der Waals surface area contributed by atoms with Crippen molar-refractivity contribution in [3.05, 3.63) is 0 Å². The van der Waals surface area contributed by atoms with Gasteiger partial charge in [-0.05, 0) is 95.3 Å². The van der Waals surface area contributed by atoms with Crippen LogP contribution in [0.5, 0.6) is 0 Å². The summed E-state index contributed by atoms with van der Waals surface area (Å²) in [6.45, 7) is 7.50. The summed E-state index contributed by atoms with van der Waals surface area (Å²) in [6.07, 6.45) is 10.2. The van der Waals surface area contributed by atoms with Gasteiger partial charge in [0.25, 0.3) is 0 Å². The summed E-state index contributed by atoms with van der Waals surface area (Å²) in [6, 6.07) is -0.739. The normalized spacial score (nSPS) is 26.3. The monoisotopic (exact) mass is 777 g/mol. The minimum absolute atomic E-state index is 0.0312. The van der Waals surface area contributed by atoms with Gasteiger partial charge in [0.15, 0.2) is 0 Å². The first-order valence-electron chi connectivity index (χ1n) is 20.2. The maximum absolute atomic E-state index is 14.2. The molecule has 0 aromatic rings. The first-order chi connectivity index (χ1) is 24.6. The standard InChI is InChI=1S/C37H71N5O8S2/c1-6-9-21-42(39-51(47,48)27-29-13-11-10-12-14-29)26-35(44)34(22-28-15-17-32(43)18-16-28)38-36(45)30-23-31(37(46)41(19-7-2)20-8-3)25-33(24-30)52(49,50)40(4)5/h28-35,39,43-44H,6-27H2,1-5H3,(H,38,45). The van der Waals surface area contributed by atoms with E-state index in [1.165, 1.54) is 18.4 Å². The maximum atomic E-state index is 14.2. The van der Waals surface area contributed by atoms with Crippen LogP contribution in [0.3, 0.4) is 0 Å². The third-order valence-corrected chi connectivity index (χ3v) is 15.1. The molecule has 13 nitrogen and oxygen atoms in total. The lowest BCUT2D eigenvalue weighted by Crippen LogP contribution is -2.55. The molecule has 304 valence electrons. The summed E-state index contributed by atoms with van der Waals surface area (Å²) in [7, 11) is -4.49. The lowest BCUT2D eigenvalue weighted by Gasteiger charge is -2.38. The zero-order valence-corrected chi connectivity index (χ0v) is 34.3. The fourth-order valence-electron chi connectivity index (χ4n) is 8.48. The minimum Gasteiger partial charge on any atom is -0.393 e. The Bertz CT molecular complexity index is 1300. The third-order valence-electron chi connectivity index (χ3n) is 11.4. The number of unbranched alkanes of at least 4 members (excludes halogenated alkanes) is 1. The van der Waals surface area contributed by atoms with Crippen LogP contribution in [0.25, 0.3) is 0 Å². The molecule has 0 aromatic carbocycles. The van der Waals surface area contributed by atoms with Gasteiger partial charge in [-0.15, -0.1) is 4.83 Å². The van der Waals surface area contributed by atoms with Gasteiger partial charge in [-0.1, -0.05) is 46.5 Å². The Morgan fingerprint density at radius 3 is 1.98 bits per heavy atom. The number of carbonyl (C=O) groups is 2. The first kappa shape index (κ1) is 45.0. The Balaban J connectivity index is 1.85. The van der Waals surface area contributed by atoms with E-state index in [9.17, 15) is 36.6 Å². The van der Waals surface area contributed by atoms with E-state index in [2.05, 4.69) is 10.1 Å². The number of aliphatic hydroxyl groups excluding tert-OH is 2. The molecule has 0 radical (unpaired) electrons. The largest absolute Gasteiger partial charge is 0.393 e. The highest BCUT2D eigenvalue weighted by atomic mass is 32.2. The maximum Gasteiger partial charge on any atom is 0.225 e. The molecule has 5 atom stereocenters. The van der Waals surface area contributed by atoms with E-state index in [0.29, 0.717) is 45.3 Å². The van der Waals surface area contributed by atoms with Crippen molar-refractivity contribution in [2.24, 2.45) is 23.7 Å². The highest BCUT2D eigenvalue weighted by Gasteiger charge is 2.44. The van der Waals surface area contributed by atoms with Crippen molar-refractivity contribution >= 4 is 31.9 Å². The van der Waals surface area contributed by atoms with Crippen molar-refractivity contribution in [2.45, 2.75) is 153 Å². The molecule has 0 aliphatic heterocycles. The second-order valence-corrected chi connectivity index (χ2v) is 20.3. The molecule has 0 aromatic heterocycles. The molecule has 2 amide bonds. The predicted octanol–water partition coefficient (Wildman–Crippen LogP) is 3.62. The number of nitrogens with zero attached hydrogens (tertiary/aromatic N) is 3. The number of aliphatic hydroxyl groups is 2. The van der Waals surface area contributed by atoms with E-state index >= 15 is 0 Å². The fraction of sp³-hybridized carbons (Fsp3) is 0.946. The highest BCUT2D eigenvalue weighted by molar-refractivity contribution is 7.89. The van der Waals surface area contributed by atoms with Crippen molar-refractivity contribution in [3.8, 4) is 0 Å². The third kappa shape index (κ3) is 14.1. The van der Waals surface area contributed by atoms with Crippen molar-refractivity contribution in [3.63, 3.8) is 0 Å². The van der Waals surface area contributed by atoms with E-state index in [1.807, 2.05) is 20.8 Å². The fourth-order valence-corrected chi connectivity index (χ4v) is 11.6. The molecule has 3 fully saturated rings. The second-order valence-electron chi connectivity index (χ2n) is 16.1. The van der Waals surface area contributed by atoms with E-state index in [-0.39, 0.29) is 55.4 Å². The number of sulfonamides is 2. The molecule has 0 bridgehead atoms. The molecule has 0 spiro atoms. The molecule has 0 saturated heterocycles. The van der Waals surface area contributed by atoms with Gasteiger partial charge in [0.05, 0.1) is 29.3 Å². The van der Waals surface area contributed by atoms with Crippen LogP contribution in [-0.4, -0.2) is 123 Å². The number of hydrogen-bond acceptors (Lipinski definition) is 9. The summed E-state index contributed by atoms with van der Waals surface area (Å²) < 4.78 is 54.7. The van der Waals surface area contributed by atoms with Crippen molar-refractivity contribution in [1.29, 1.82) is 0 Å². The Labute approximate surface area is 315 Å². The van der Waals surface area contributed by atoms with Gasteiger partial charge in [0, 0.05) is 52.1 Å². The molecule has 3 rings (SSSR count). The molecule has 3 aliphatic rings. The topological polar surface area (TPSA) is 177 Å². The minimum atomic E-state index is -3.77. The smallest absolute Gasteiger partial charge is 0.225 e. The van der Waals surface area contributed by atoms with Crippen LogP contribution in [0.2, 0.25) is 0 Å². The Kier molecular flexibility index (Phi) is 18.8. The van der Waals surface area contributed by atoms with E-state index in [4.69, 9.17) is 0 Å². The second kappa shape index (κ2) is 21.7. The number of hydrazine groups is 1. The summed E-state index contributed by atoms with van der Waals surface area (Å²) >= 11 is 0. The Morgan fingerprint density at radius 1 is 0.788 bits per heavy atom. The summed E-state index contributed by atoms with van der Waals surface area (Å²) in [5.41, 5.74) is 0. The van der Waals surface area contributed by atoms with Gasteiger partial charge in [0.2, 0.25) is 31.9 Å². The lowest BCUT2D eigenvalue weighted by atomic mass is 9.79. The SMILES string of the molecule is CCCCN(CC(O)C(CC1CCC(O)CC1)NC(=O)C1CC(C(=O)N(CCC)CCC)CC(S(=O)(=O)N(C)C)C1)NS(=O)(=O)CC1CCCCC1. The molecule has 3 saturated carbocycles. The van der Waals surface area contributed by atoms with Gasteiger partial charge < -0.3 is 20.4 Å². The van der Waals surface area contributed by atoms with Gasteiger partial charge in [-0.25, -0.2) is 26.1 Å². The zero-order chi connectivity index (χ0) is 38.5. The lowest BCUT2D eigenvalue weighted by molar-refractivity contribution is -0.138. The molecule has 0 heterocycles.